The van der Waals surface area contributed by atoms with Crippen molar-refractivity contribution >= 4 is 21.7 Å². The molecular formula is C10H15BrO. The van der Waals surface area contributed by atoms with E-state index in [1.54, 1.807) is 13.0 Å². The summed E-state index contributed by atoms with van der Waals surface area (Å²) in [5.41, 5.74) is 1.54. The van der Waals surface area contributed by atoms with E-state index in [0.717, 1.165) is 11.8 Å². The first-order valence-corrected chi connectivity index (χ1v) is 5.38. The Balaban J connectivity index is 2.71. The molecule has 1 nitrogen and oxygen atoms in total. The topological polar surface area (TPSA) is 17.1 Å². The molecule has 0 aromatic carbocycles. The highest BCUT2D eigenvalue weighted by Crippen LogP contribution is 2.51. The molecule has 12 heavy (non-hydrogen) atoms. The van der Waals surface area contributed by atoms with Crippen molar-refractivity contribution in [2.45, 2.75) is 27.2 Å². The second-order valence-electron chi connectivity index (χ2n) is 4.06. The van der Waals surface area contributed by atoms with Crippen LogP contribution in [0.15, 0.2) is 11.6 Å². The van der Waals surface area contributed by atoms with Crippen molar-refractivity contribution in [3.63, 3.8) is 0 Å². The number of rotatable bonds is 2. The molecule has 1 fully saturated rings. The van der Waals surface area contributed by atoms with Crippen LogP contribution < -0.4 is 0 Å². The van der Waals surface area contributed by atoms with Crippen LogP contribution in [-0.2, 0) is 4.79 Å². The zero-order valence-corrected chi connectivity index (χ0v) is 9.44. The molecule has 1 aliphatic rings. The molecule has 0 aromatic heterocycles. The van der Waals surface area contributed by atoms with Crippen LogP contribution in [0, 0.1) is 11.3 Å². The fourth-order valence-electron chi connectivity index (χ4n) is 1.65. The first kappa shape index (κ1) is 9.97. The van der Waals surface area contributed by atoms with E-state index < -0.39 is 0 Å². The molecular weight excluding hydrogens is 216 g/mol. The summed E-state index contributed by atoms with van der Waals surface area (Å²) in [7, 11) is 0. The van der Waals surface area contributed by atoms with E-state index in [4.69, 9.17) is 0 Å². The van der Waals surface area contributed by atoms with Gasteiger partial charge in [0.05, 0.1) is 0 Å². The Kier molecular flexibility index (Phi) is 2.77. The van der Waals surface area contributed by atoms with E-state index >= 15 is 0 Å². The molecule has 0 N–H and O–H groups in total. The molecule has 1 unspecified atom stereocenters. The van der Waals surface area contributed by atoms with Crippen molar-refractivity contribution in [2.24, 2.45) is 11.3 Å². The van der Waals surface area contributed by atoms with Gasteiger partial charge in [0.25, 0.3) is 0 Å². The molecule has 0 bridgehead atoms. The summed E-state index contributed by atoms with van der Waals surface area (Å²) in [5.74, 6) is 0.870. The average Bonchev–Trinajstić information content (AvgIpc) is 1.96. The molecule has 0 saturated heterocycles. The van der Waals surface area contributed by atoms with Gasteiger partial charge in [-0.3, -0.25) is 4.79 Å². The SMILES string of the molecule is CC(=O)C=C1CC(CBr)C1(C)C. The molecule has 2 heteroatoms. The maximum absolute atomic E-state index is 10.8. The highest BCUT2D eigenvalue weighted by Gasteiger charge is 2.42. The Hall–Kier alpha value is -0.110. The summed E-state index contributed by atoms with van der Waals surface area (Å²) >= 11 is 3.48. The lowest BCUT2D eigenvalue weighted by molar-refractivity contribution is -0.112. The molecule has 1 saturated carbocycles. The first-order chi connectivity index (χ1) is 5.48. The van der Waals surface area contributed by atoms with E-state index in [0.29, 0.717) is 5.92 Å². The largest absolute Gasteiger partial charge is 0.295 e. The minimum Gasteiger partial charge on any atom is -0.295 e. The lowest BCUT2D eigenvalue weighted by atomic mass is 9.59. The summed E-state index contributed by atoms with van der Waals surface area (Å²) in [4.78, 5) is 10.8. The van der Waals surface area contributed by atoms with E-state index in [1.807, 2.05) is 0 Å². The van der Waals surface area contributed by atoms with Crippen molar-refractivity contribution < 1.29 is 4.79 Å². The van der Waals surface area contributed by atoms with Gasteiger partial charge in [-0.1, -0.05) is 35.4 Å². The monoisotopic (exact) mass is 230 g/mol. The van der Waals surface area contributed by atoms with Crippen molar-refractivity contribution in [1.82, 2.24) is 0 Å². The molecule has 0 radical (unpaired) electrons. The van der Waals surface area contributed by atoms with Crippen LogP contribution in [0.3, 0.4) is 0 Å². The standard InChI is InChI=1S/C10H15BrO/c1-7(12)4-8-5-9(6-11)10(8,2)3/h4,9H,5-6H2,1-3H3. The molecule has 0 aliphatic heterocycles. The third kappa shape index (κ3) is 1.63. The highest BCUT2D eigenvalue weighted by atomic mass is 79.9. The predicted octanol–water partition coefficient (Wildman–Crippen LogP) is 2.94. The zero-order chi connectivity index (χ0) is 9.35. The van der Waals surface area contributed by atoms with Gasteiger partial charge in [0, 0.05) is 5.33 Å². The van der Waals surface area contributed by atoms with Crippen molar-refractivity contribution in [2.75, 3.05) is 5.33 Å². The first-order valence-electron chi connectivity index (χ1n) is 4.26. The summed E-state index contributed by atoms with van der Waals surface area (Å²) in [6.45, 7) is 6.03. The van der Waals surface area contributed by atoms with Crippen LogP contribution in [0.2, 0.25) is 0 Å². The highest BCUT2D eigenvalue weighted by molar-refractivity contribution is 9.09. The van der Waals surface area contributed by atoms with Gasteiger partial charge in [-0.25, -0.2) is 0 Å². The van der Waals surface area contributed by atoms with Gasteiger partial charge in [0.15, 0.2) is 5.78 Å². The molecule has 0 heterocycles. The predicted molar refractivity (Wildman–Crippen MR) is 54.4 cm³/mol. The smallest absolute Gasteiger partial charge is 0.152 e. The number of ketones is 1. The van der Waals surface area contributed by atoms with Gasteiger partial charge in [-0.05, 0) is 30.8 Å². The van der Waals surface area contributed by atoms with Crippen LogP contribution in [-0.4, -0.2) is 11.1 Å². The van der Waals surface area contributed by atoms with Gasteiger partial charge in [0.2, 0.25) is 0 Å². The van der Waals surface area contributed by atoms with Gasteiger partial charge in [-0.2, -0.15) is 0 Å². The van der Waals surface area contributed by atoms with E-state index in [9.17, 15) is 4.79 Å². The summed E-state index contributed by atoms with van der Waals surface area (Å²) < 4.78 is 0. The molecule has 0 aromatic rings. The maximum Gasteiger partial charge on any atom is 0.152 e. The van der Waals surface area contributed by atoms with Crippen LogP contribution in [0.25, 0.3) is 0 Å². The van der Waals surface area contributed by atoms with Crippen molar-refractivity contribution in [1.29, 1.82) is 0 Å². The zero-order valence-electron chi connectivity index (χ0n) is 7.86. The fraction of sp³-hybridized carbons (Fsp3) is 0.700. The Labute approximate surface area is 82.4 Å². The third-order valence-corrected chi connectivity index (χ3v) is 3.66. The normalized spacial score (nSPS) is 30.0. The quantitative estimate of drug-likeness (QED) is 0.527. The van der Waals surface area contributed by atoms with Gasteiger partial charge < -0.3 is 0 Å². The van der Waals surface area contributed by atoms with Gasteiger partial charge in [-0.15, -0.1) is 0 Å². The van der Waals surface area contributed by atoms with E-state index in [1.165, 1.54) is 5.57 Å². The van der Waals surface area contributed by atoms with Crippen LogP contribution in [0.4, 0.5) is 0 Å². The Morgan fingerprint density at radius 2 is 2.33 bits per heavy atom. The number of hydrogen-bond donors (Lipinski definition) is 0. The van der Waals surface area contributed by atoms with Crippen LogP contribution in [0.1, 0.15) is 27.2 Å². The number of allylic oxidation sites excluding steroid dienone is 2. The summed E-state index contributed by atoms with van der Waals surface area (Å²) in [6.07, 6.45) is 2.87. The van der Waals surface area contributed by atoms with Gasteiger partial charge >= 0.3 is 0 Å². The van der Waals surface area contributed by atoms with E-state index in [2.05, 4.69) is 29.8 Å². The Morgan fingerprint density at radius 1 is 1.75 bits per heavy atom. The van der Waals surface area contributed by atoms with Gasteiger partial charge in [0.1, 0.15) is 0 Å². The second-order valence-corrected chi connectivity index (χ2v) is 4.70. The fourth-order valence-corrected chi connectivity index (χ4v) is 2.69. The maximum atomic E-state index is 10.8. The van der Waals surface area contributed by atoms with Crippen molar-refractivity contribution in [3.05, 3.63) is 11.6 Å². The van der Waals surface area contributed by atoms with Crippen molar-refractivity contribution in [3.8, 4) is 0 Å². The molecule has 1 rings (SSSR count). The molecule has 68 valence electrons. The summed E-state index contributed by atoms with van der Waals surface area (Å²) in [6, 6.07) is 0. The number of alkyl halides is 1. The molecule has 1 aliphatic carbocycles. The number of halogens is 1. The number of carbonyl (C=O) groups excluding carboxylic acids is 1. The minimum atomic E-state index is 0.172. The third-order valence-electron chi connectivity index (χ3n) is 2.88. The average molecular weight is 231 g/mol. The molecule has 0 amide bonds. The Morgan fingerprint density at radius 3 is 2.67 bits per heavy atom. The molecule has 1 atom stereocenters. The number of carbonyl (C=O) groups is 1. The lowest BCUT2D eigenvalue weighted by Gasteiger charge is -2.46. The summed E-state index contributed by atoms with van der Waals surface area (Å²) in [5, 5.41) is 1.04. The lowest BCUT2D eigenvalue weighted by Crippen LogP contribution is -2.39. The van der Waals surface area contributed by atoms with Crippen LogP contribution in [0.5, 0.6) is 0 Å². The molecule has 0 spiro atoms. The van der Waals surface area contributed by atoms with E-state index in [-0.39, 0.29) is 11.2 Å². The van der Waals surface area contributed by atoms with Crippen LogP contribution >= 0.6 is 15.9 Å². The Bertz CT molecular complexity index is 228. The minimum absolute atomic E-state index is 0.172. The number of hydrogen-bond acceptors (Lipinski definition) is 1. The second kappa shape index (κ2) is 3.33.